The predicted molar refractivity (Wildman–Crippen MR) is 108 cm³/mol. The van der Waals surface area contributed by atoms with Crippen LogP contribution in [0.3, 0.4) is 0 Å². The normalized spacial score (nSPS) is 10.1. The zero-order valence-electron chi connectivity index (χ0n) is 15.4. The standard InChI is InChI=1S/C21H17N3O5/c1-29-19-11-10-15(12-18(19)24(27)28)21(26)23-17-9-5-8-16(13-17)22-20(25)14-6-3-2-4-7-14/h2-13H,1H3,(H,22,25)(H,23,26). The van der Waals surface area contributed by atoms with Gasteiger partial charge in [-0.1, -0.05) is 24.3 Å². The number of nitrogens with one attached hydrogen (secondary N) is 2. The number of ether oxygens (including phenoxy) is 1. The number of amides is 2. The summed E-state index contributed by atoms with van der Waals surface area (Å²) in [6.07, 6.45) is 0. The lowest BCUT2D eigenvalue weighted by molar-refractivity contribution is -0.385. The fourth-order valence-electron chi connectivity index (χ4n) is 2.64. The van der Waals surface area contributed by atoms with Crippen LogP contribution in [0.5, 0.6) is 5.75 Å². The summed E-state index contributed by atoms with van der Waals surface area (Å²) in [6, 6.07) is 19.3. The van der Waals surface area contributed by atoms with E-state index in [0.29, 0.717) is 16.9 Å². The molecule has 0 aliphatic carbocycles. The average molecular weight is 391 g/mol. The highest BCUT2D eigenvalue weighted by Crippen LogP contribution is 2.28. The molecule has 3 rings (SSSR count). The van der Waals surface area contributed by atoms with E-state index < -0.39 is 10.8 Å². The van der Waals surface area contributed by atoms with Crippen molar-refractivity contribution in [1.29, 1.82) is 0 Å². The molecule has 0 aliphatic heterocycles. The van der Waals surface area contributed by atoms with Gasteiger partial charge in [0.1, 0.15) is 0 Å². The second kappa shape index (κ2) is 8.66. The predicted octanol–water partition coefficient (Wildman–Crippen LogP) is 4.11. The van der Waals surface area contributed by atoms with E-state index in [-0.39, 0.29) is 22.9 Å². The average Bonchev–Trinajstić information content (AvgIpc) is 2.74. The number of carbonyl (C=O) groups excluding carboxylic acids is 2. The van der Waals surface area contributed by atoms with E-state index >= 15 is 0 Å². The third-order valence-corrected chi connectivity index (χ3v) is 4.05. The van der Waals surface area contributed by atoms with E-state index in [0.717, 1.165) is 6.07 Å². The molecule has 8 nitrogen and oxygen atoms in total. The minimum Gasteiger partial charge on any atom is -0.490 e. The van der Waals surface area contributed by atoms with Crippen molar-refractivity contribution in [2.75, 3.05) is 17.7 Å². The molecule has 2 amide bonds. The van der Waals surface area contributed by atoms with Gasteiger partial charge in [-0.05, 0) is 42.5 Å². The molecule has 0 heterocycles. The van der Waals surface area contributed by atoms with Crippen LogP contribution in [0.25, 0.3) is 0 Å². The van der Waals surface area contributed by atoms with Gasteiger partial charge < -0.3 is 15.4 Å². The summed E-state index contributed by atoms with van der Waals surface area (Å²) in [5.74, 6) is -0.737. The topological polar surface area (TPSA) is 111 Å². The van der Waals surface area contributed by atoms with E-state index in [9.17, 15) is 19.7 Å². The van der Waals surface area contributed by atoms with Crippen LogP contribution in [0.4, 0.5) is 17.1 Å². The first kappa shape index (κ1) is 19.6. The maximum atomic E-state index is 12.5. The fraction of sp³-hybridized carbons (Fsp3) is 0.0476. The van der Waals surface area contributed by atoms with Crippen molar-refractivity contribution in [1.82, 2.24) is 0 Å². The third kappa shape index (κ3) is 4.75. The molecule has 0 saturated heterocycles. The third-order valence-electron chi connectivity index (χ3n) is 4.05. The van der Waals surface area contributed by atoms with Gasteiger partial charge >= 0.3 is 5.69 Å². The Morgan fingerprint density at radius 1 is 0.828 bits per heavy atom. The van der Waals surface area contributed by atoms with E-state index in [2.05, 4.69) is 10.6 Å². The van der Waals surface area contributed by atoms with Crippen molar-refractivity contribution in [3.8, 4) is 5.75 Å². The van der Waals surface area contributed by atoms with E-state index in [1.165, 1.54) is 19.2 Å². The fourth-order valence-corrected chi connectivity index (χ4v) is 2.64. The van der Waals surface area contributed by atoms with Gasteiger partial charge in [-0.25, -0.2) is 0 Å². The number of nitrogens with zero attached hydrogens (tertiary/aromatic N) is 1. The number of carbonyl (C=O) groups is 2. The van der Waals surface area contributed by atoms with Crippen molar-refractivity contribution in [3.05, 3.63) is 94.0 Å². The number of benzene rings is 3. The molecule has 8 heteroatoms. The first-order valence-electron chi connectivity index (χ1n) is 8.58. The molecule has 0 saturated carbocycles. The largest absolute Gasteiger partial charge is 0.490 e. The smallest absolute Gasteiger partial charge is 0.311 e. The molecule has 0 aliphatic rings. The van der Waals surface area contributed by atoms with Crippen molar-refractivity contribution >= 4 is 28.9 Å². The summed E-state index contributed by atoms with van der Waals surface area (Å²) in [4.78, 5) is 35.3. The molecule has 0 aromatic heterocycles. The minimum absolute atomic E-state index is 0.0668. The molecule has 3 aromatic carbocycles. The number of rotatable bonds is 6. The Morgan fingerprint density at radius 3 is 2.03 bits per heavy atom. The number of methoxy groups -OCH3 is 1. The van der Waals surface area contributed by atoms with Crippen LogP contribution >= 0.6 is 0 Å². The molecule has 0 fully saturated rings. The van der Waals surface area contributed by atoms with Crippen molar-refractivity contribution in [3.63, 3.8) is 0 Å². The SMILES string of the molecule is COc1ccc(C(=O)Nc2cccc(NC(=O)c3ccccc3)c2)cc1[N+](=O)[O-]. The Labute approximate surface area is 166 Å². The Bertz CT molecular complexity index is 1070. The van der Waals surface area contributed by atoms with E-state index in [4.69, 9.17) is 4.74 Å². The van der Waals surface area contributed by atoms with Crippen LogP contribution in [0, 0.1) is 10.1 Å². The maximum Gasteiger partial charge on any atom is 0.311 e. The quantitative estimate of drug-likeness (QED) is 0.485. The number of anilines is 2. The minimum atomic E-state index is -0.616. The second-order valence-electron chi connectivity index (χ2n) is 6.00. The van der Waals surface area contributed by atoms with Crippen LogP contribution in [0.15, 0.2) is 72.8 Å². The number of hydrogen-bond acceptors (Lipinski definition) is 5. The van der Waals surface area contributed by atoms with E-state index in [1.54, 1.807) is 48.5 Å². The van der Waals surface area contributed by atoms with Gasteiger partial charge in [-0.2, -0.15) is 0 Å². The summed E-state index contributed by atoms with van der Waals surface area (Å²) in [5.41, 5.74) is 1.24. The second-order valence-corrected chi connectivity index (χ2v) is 6.00. The monoisotopic (exact) mass is 391 g/mol. The molecule has 3 aromatic rings. The highest BCUT2D eigenvalue weighted by Gasteiger charge is 2.18. The van der Waals surface area contributed by atoms with Crippen molar-refractivity contribution in [2.24, 2.45) is 0 Å². The Morgan fingerprint density at radius 2 is 1.45 bits per heavy atom. The summed E-state index contributed by atoms with van der Waals surface area (Å²) in [6.45, 7) is 0. The van der Waals surface area contributed by atoms with Crippen LogP contribution in [0.1, 0.15) is 20.7 Å². The first-order valence-corrected chi connectivity index (χ1v) is 8.58. The van der Waals surface area contributed by atoms with E-state index in [1.807, 2.05) is 6.07 Å². The van der Waals surface area contributed by atoms with Gasteiger partial charge in [0.2, 0.25) is 0 Å². The number of nitro groups is 1. The highest BCUT2D eigenvalue weighted by molar-refractivity contribution is 6.06. The Kier molecular flexibility index (Phi) is 5.84. The van der Waals surface area contributed by atoms with Crippen LogP contribution in [-0.4, -0.2) is 23.8 Å². The van der Waals surface area contributed by atoms with Crippen LogP contribution < -0.4 is 15.4 Å². The molecule has 29 heavy (non-hydrogen) atoms. The van der Waals surface area contributed by atoms with Gasteiger partial charge in [0, 0.05) is 28.6 Å². The lowest BCUT2D eigenvalue weighted by Crippen LogP contribution is -2.14. The Balaban J connectivity index is 1.75. The molecule has 2 N–H and O–H groups in total. The van der Waals surface area contributed by atoms with Gasteiger partial charge in [-0.3, -0.25) is 19.7 Å². The number of hydrogen-bond donors (Lipinski definition) is 2. The maximum absolute atomic E-state index is 12.5. The molecular formula is C21H17N3O5. The van der Waals surface area contributed by atoms with Crippen LogP contribution in [0.2, 0.25) is 0 Å². The lowest BCUT2D eigenvalue weighted by atomic mass is 10.1. The van der Waals surface area contributed by atoms with Gasteiger partial charge in [0.05, 0.1) is 12.0 Å². The highest BCUT2D eigenvalue weighted by atomic mass is 16.6. The molecule has 0 spiro atoms. The molecule has 0 bridgehead atoms. The molecular weight excluding hydrogens is 374 g/mol. The zero-order chi connectivity index (χ0) is 20.8. The van der Waals surface area contributed by atoms with Gasteiger partial charge in [0.15, 0.2) is 5.75 Å². The summed E-state index contributed by atoms with van der Waals surface area (Å²) in [7, 11) is 1.32. The summed E-state index contributed by atoms with van der Waals surface area (Å²) in [5, 5.41) is 16.5. The lowest BCUT2D eigenvalue weighted by Gasteiger charge is -2.09. The molecule has 0 radical (unpaired) electrons. The molecule has 146 valence electrons. The van der Waals surface area contributed by atoms with Gasteiger partial charge in [0.25, 0.3) is 11.8 Å². The zero-order valence-corrected chi connectivity index (χ0v) is 15.4. The number of nitro benzene ring substituents is 1. The van der Waals surface area contributed by atoms with Crippen molar-refractivity contribution in [2.45, 2.75) is 0 Å². The van der Waals surface area contributed by atoms with Gasteiger partial charge in [-0.15, -0.1) is 0 Å². The first-order chi connectivity index (χ1) is 14.0. The van der Waals surface area contributed by atoms with Crippen molar-refractivity contribution < 1.29 is 19.2 Å². The summed E-state index contributed by atoms with van der Waals surface area (Å²) >= 11 is 0. The molecule has 0 atom stereocenters. The Hall–Kier alpha value is -4.20. The summed E-state index contributed by atoms with van der Waals surface area (Å²) < 4.78 is 4.94. The van der Waals surface area contributed by atoms with Crippen LogP contribution in [-0.2, 0) is 0 Å². The molecule has 0 unspecified atom stereocenters.